The largest absolute Gasteiger partial charge is 0.431 e. The highest BCUT2D eigenvalue weighted by molar-refractivity contribution is 9.10. The number of hydrogen-bond acceptors (Lipinski definition) is 4. The molecule has 0 fully saturated rings. The number of nitrogen functional groups attached to an aromatic ring is 1. The van der Waals surface area contributed by atoms with E-state index in [1.807, 2.05) is 13.8 Å². The topological polar surface area (TPSA) is 70.1 Å². The van der Waals surface area contributed by atoms with Crippen LogP contribution < -0.4 is 16.0 Å². The number of nitrogens with two attached hydrogens (primary N) is 1. The van der Waals surface area contributed by atoms with Crippen molar-refractivity contribution in [3.05, 3.63) is 45.4 Å². The van der Waals surface area contributed by atoms with E-state index in [0.717, 1.165) is 0 Å². The monoisotopic (exact) mass is 337 g/mol. The minimum absolute atomic E-state index is 0.0201. The standard InChI is InChI=1S/C14H16BrN3O2/c1-9(2)8-18-7-6-17-13(14(18)19)20-12-10(15)4-3-5-11(12)16/h3-7,9H,8,16H2,1-2H3. The van der Waals surface area contributed by atoms with Crippen LogP contribution in [0.5, 0.6) is 11.6 Å². The van der Waals surface area contributed by atoms with Crippen LogP contribution >= 0.6 is 15.9 Å². The Morgan fingerprint density at radius 3 is 2.85 bits per heavy atom. The highest BCUT2D eigenvalue weighted by Gasteiger charge is 2.12. The molecule has 6 heteroatoms. The molecule has 0 saturated carbocycles. The van der Waals surface area contributed by atoms with Gasteiger partial charge in [-0.2, -0.15) is 0 Å². The number of hydrogen-bond donors (Lipinski definition) is 1. The van der Waals surface area contributed by atoms with Crippen molar-refractivity contribution in [3.63, 3.8) is 0 Å². The van der Waals surface area contributed by atoms with Crippen LogP contribution in [-0.4, -0.2) is 9.55 Å². The SMILES string of the molecule is CC(C)Cn1ccnc(Oc2c(N)cccc2Br)c1=O. The molecule has 2 N–H and O–H groups in total. The minimum Gasteiger partial charge on any atom is -0.431 e. The number of para-hydroxylation sites is 1. The van der Waals surface area contributed by atoms with E-state index in [0.29, 0.717) is 28.4 Å². The van der Waals surface area contributed by atoms with Gasteiger partial charge in [-0.3, -0.25) is 4.79 Å². The fraction of sp³-hybridized carbons (Fsp3) is 0.286. The summed E-state index contributed by atoms with van der Waals surface area (Å²) in [6.45, 7) is 4.70. The molecule has 0 atom stereocenters. The predicted octanol–water partition coefficient (Wildman–Crippen LogP) is 3.04. The van der Waals surface area contributed by atoms with E-state index < -0.39 is 0 Å². The zero-order valence-corrected chi connectivity index (χ0v) is 12.9. The zero-order chi connectivity index (χ0) is 14.7. The van der Waals surface area contributed by atoms with Gasteiger partial charge in [0.1, 0.15) is 0 Å². The first-order valence-electron chi connectivity index (χ1n) is 6.26. The van der Waals surface area contributed by atoms with Gasteiger partial charge in [-0.1, -0.05) is 19.9 Å². The van der Waals surface area contributed by atoms with Gasteiger partial charge in [-0.15, -0.1) is 0 Å². The number of anilines is 1. The lowest BCUT2D eigenvalue weighted by atomic mass is 10.2. The zero-order valence-electron chi connectivity index (χ0n) is 11.3. The maximum atomic E-state index is 12.3. The Morgan fingerprint density at radius 1 is 1.45 bits per heavy atom. The lowest BCUT2D eigenvalue weighted by Gasteiger charge is -2.12. The third kappa shape index (κ3) is 3.19. The maximum absolute atomic E-state index is 12.3. The molecule has 0 unspecified atom stereocenters. The molecule has 20 heavy (non-hydrogen) atoms. The summed E-state index contributed by atoms with van der Waals surface area (Å²) in [6, 6.07) is 5.29. The van der Waals surface area contributed by atoms with Crippen molar-refractivity contribution in [1.82, 2.24) is 9.55 Å². The summed E-state index contributed by atoms with van der Waals surface area (Å²) in [6.07, 6.45) is 3.20. The smallest absolute Gasteiger partial charge is 0.313 e. The molecule has 0 bridgehead atoms. The molecule has 1 aromatic carbocycles. The second-order valence-electron chi connectivity index (χ2n) is 4.84. The second kappa shape index (κ2) is 6.09. The molecule has 2 rings (SSSR count). The summed E-state index contributed by atoms with van der Waals surface area (Å²) in [5.74, 6) is 0.780. The van der Waals surface area contributed by atoms with Crippen LogP contribution in [0.4, 0.5) is 5.69 Å². The maximum Gasteiger partial charge on any atom is 0.313 e. The molecule has 5 nitrogen and oxygen atoms in total. The molecule has 0 amide bonds. The molecule has 0 radical (unpaired) electrons. The number of halogens is 1. The first-order chi connectivity index (χ1) is 9.49. The number of aromatic nitrogens is 2. The van der Waals surface area contributed by atoms with Crippen molar-refractivity contribution in [2.24, 2.45) is 5.92 Å². The van der Waals surface area contributed by atoms with Gasteiger partial charge in [-0.25, -0.2) is 4.98 Å². The van der Waals surface area contributed by atoms with Crippen LogP contribution in [0.1, 0.15) is 13.8 Å². The highest BCUT2D eigenvalue weighted by atomic mass is 79.9. The number of ether oxygens (including phenoxy) is 1. The Hall–Kier alpha value is -1.82. The highest BCUT2D eigenvalue weighted by Crippen LogP contribution is 2.33. The first kappa shape index (κ1) is 14.6. The number of rotatable bonds is 4. The third-order valence-corrected chi connectivity index (χ3v) is 3.26. The Labute approximate surface area is 125 Å². The van der Waals surface area contributed by atoms with Crippen molar-refractivity contribution in [2.45, 2.75) is 20.4 Å². The van der Waals surface area contributed by atoms with Crippen LogP contribution in [0.15, 0.2) is 39.9 Å². The Balaban J connectivity index is 2.37. The van der Waals surface area contributed by atoms with Gasteiger partial charge in [0.2, 0.25) is 0 Å². The molecule has 1 aromatic heterocycles. The molecule has 0 aliphatic carbocycles. The van der Waals surface area contributed by atoms with Gasteiger partial charge in [0, 0.05) is 18.9 Å². The summed E-state index contributed by atoms with van der Waals surface area (Å²) in [7, 11) is 0. The molecule has 2 aromatic rings. The van der Waals surface area contributed by atoms with E-state index in [1.165, 1.54) is 0 Å². The molecule has 0 spiro atoms. The van der Waals surface area contributed by atoms with E-state index in [4.69, 9.17) is 10.5 Å². The van der Waals surface area contributed by atoms with Crippen molar-refractivity contribution < 1.29 is 4.74 Å². The van der Waals surface area contributed by atoms with Crippen LogP contribution in [0, 0.1) is 5.92 Å². The predicted molar refractivity (Wildman–Crippen MR) is 82.0 cm³/mol. The summed E-state index contributed by atoms with van der Waals surface area (Å²) < 4.78 is 7.84. The Bertz CT molecular complexity index is 647. The summed E-state index contributed by atoms with van der Waals surface area (Å²) in [5.41, 5.74) is 6.02. The third-order valence-electron chi connectivity index (χ3n) is 2.64. The van der Waals surface area contributed by atoms with E-state index in [-0.39, 0.29) is 11.4 Å². The molecule has 106 valence electrons. The molecule has 0 saturated heterocycles. The average molecular weight is 338 g/mol. The van der Waals surface area contributed by atoms with Crippen molar-refractivity contribution in [3.8, 4) is 11.6 Å². The average Bonchev–Trinajstić information content (AvgIpc) is 2.37. The first-order valence-corrected chi connectivity index (χ1v) is 7.05. The summed E-state index contributed by atoms with van der Waals surface area (Å²) in [4.78, 5) is 16.2. The van der Waals surface area contributed by atoms with E-state index >= 15 is 0 Å². The van der Waals surface area contributed by atoms with Crippen molar-refractivity contribution >= 4 is 21.6 Å². The second-order valence-corrected chi connectivity index (χ2v) is 5.70. The quantitative estimate of drug-likeness (QED) is 0.870. The van der Waals surface area contributed by atoms with E-state index in [2.05, 4.69) is 20.9 Å². The molecular weight excluding hydrogens is 322 g/mol. The van der Waals surface area contributed by atoms with Gasteiger partial charge in [0.05, 0.1) is 10.2 Å². The van der Waals surface area contributed by atoms with Gasteiger partial charge >= 0.3 is 5.56 Å². The van der Waals surface area contributed by atoms with Crippen molar-refractivity contribution in [2.75, 3.05) is 5.73 Å². The fourth-order valence-electron chi connectivity index (χ4n) is 1.76. The van der Waals surface area contributed by atoms with Gasteiger partial charge in [-0.05, 0) is 34.0 Å². The van der Waals surface area contributed by atoms with Gasteiger partial charge < -0.3 is 15.0 Å². The lowest BCUT2D eigenvalue weighted by Crippen LogP contribution is -2.23. The van der Waals surface area contributed by atoms with Crippen LogP contribution in [0.25, 0.3) is 0 Å². The molecule has 0 aliphatic heterocycles. The van der Waals surface area contributed by atoms with E-state index in [1.54, 1.807) is 35.2 Å². The van der Waals surface area contributed by atoms with Crippen LogP contribution in [0.3, 0.4) is 0 Å². The van der Waals surface area contributed by atoms with Gasteiger partial charge in [0.15, 0.2) is 5.75 Å². The minimum atomic E-state index is -0.267. The van der Waals surface area contributed by atoms with Crippen LogP contribution in [-0.2, 0) is 6.54 Å². The fourth-order valence-corrected chi connectivity index (χ4v) is 2.23. The van der Waals surface area contributed by atoms with E-state index in [9.17, 15) is 4.79 Å². The Kier molecular flexibility index (Phi) is 4.44. The summed E-state index contributed by atoms with van der Waals surface area (Å²) >= 11 is 3.35. The molecule has 0 aliphatic rings. The lowest BCUT2D eigenvalue weighted by molar-refractivity contribution is 0.432. The number of nitrogens with zero attached hydrogens (tertiary/aromatic N) is 2. The molecule has 1 heterocycles. The van der Waals surface area contributed by atoms with Gasteiger partial charge in [0.25, 0.3) is 5.88 Å². The van der Waals surface area contributed by atoms with Crippen molar-refractivity contribution in [1.29, 1.82) is 0 Å². The number of benzene rings is 1. The van der Waals surface area contributed by atoms with Crippen LogP contribution in [0.2, 0.25) is 0 Å². The Morgan fingerprint density at radius 2 is 2.20 bits per heavy atom. The normalized spacial score (nSPS) is 10.8. The summed E-state index contributed by atoms with van der Waals surface area (Å²) in [5, 5.41) is 0. The molecular formula is C14H16BrN3O2.